The van der Waals surface area contributed by atoms with E-state index in [2.05, 4.69) is 156 Å². The first kappa shape index (κ1) is 27.2. The van der Waals surface area contributed by atoms with Crippen LogP contribution in [0.5, 0.6) is 0 Å². The third-order valence-electron chi connectivity index (χ3n) is 9.83. The molecule has 8 aromatic rings. The Kier molecular flexibility index (Phi) is 6.23. The van der Waals surface area contributed by atoms with E-state index in [1.807, 2.05) is 18.2 Å². The van der Waals surface area contributed by atoms with Gasteiger partial charge >= 0.3 is 0 Å². The molecule has 2 aromatic heterocycles. The summed E-state index contributed by atoms with van der Waals surface area (Å²) in [4.78, 5) is 0. The van der Waals surface area contributed by atoms with Crippen LogP contribution in [-0.2, 0) is 0 Å². The van der Waals surface area contributed by atoms with Gasteiger partial charge in [-0.3, -0.25) is 0 Å². The standard InChI is InChI=1S/C44H31N3/c1-29-22-23-30(26-44(29)47-42-20-10-6-16-37(42)38-17-7-11-21-43(38)47)34-25-24-32(27-39(34)33-13-3-2-12-31(33)28-45)46-40-18-8-4-14-35(40)36-15-5-9-19-41(36)46/h2-21,23-27,29H,22H2,1H3. The molecule has 0 amide bonds. The Balaban J connectivity index is 1.29. The number of rotatable bonds is 4. The van der Waals surface area contributed by atoms with Crippen molar-refractivity contribution in [3.63, 3.8) is 0 Å². The number of aromatic nitrogens is 2. The van der Waals surface area contributed by atoms with Crippen molar-refractivity contribution in [1.82, 2.24) is 9.13 Å². The van der Waals surface area contributed by atoms with Gasteiger partial charge < -0.3 is 9.13 Å². The minimum atomic E-state index is 0.338. The molecule has 2 heterocycles. The van der Waals surface area contributed by atoms with Crippen molar-refractivity contribution in [3.8, 4) is 22.9 Å². The van der Waals surface area contributed by atoms with Crippen molar-refractivity contribution >= 4 is 54.9 Å². The monoisotopic (exact) mass is 601 g/mol. The summed E-state index contributed by atoms with van der Waals surface area (Å²) in [5, 5.41) is 15.2. The van der Waals surface area contributed by atoms with Crippen LogP contribution >= 0.6 is 0 Å². The summed E-state index contributed by atoms with van der Waals surface area (Å²) < 4.78 is 4.81. The minimum absolute atomic E-state index is 0.338. The molecule has 0 N–H and O–H groups in total. The zero-order valence-corrected chi connectivity index (χ0v) is 26.1. The lowest BCUT2D eigenvalue weighted by molar-refractivity contribution is 0.727. The highest BCUT2D eigenvalue weighted by Crippen LogP contribution is 2.42. The molecular formula is C44H31N3. The summed E-state index contributed by atoms with van der Waals surface area (Å²) in [5.74, 6) is 0.338. The molecule has 0 fully saturated rings. The summed E-state index contributed by atoms with van der Waals surface area (Å²) in [5.41, 5.74) is 12.1. The van der Waals surface area contributed by atoms with Crippen LogP contribution in [0.15, 0.2) is 152 Å². The van der Waals surface area contributed by atoms with E-state index in [9.17, 15) is 5.26 Å². The predicted octanol–water partition coefficient (Wildman–Crippen LogP) is 11.4. The van der Waals surface area contributed by atoms with Gasteiger partial charge in [-0.05, 0) is 71.7 Å². The van der Waals surface area contributed by atoms with Gasteiger partial charge in [-0.15, -0.1) is 0 Å². The lowest BCUT2D eigenvalue weighted by atomic mass is 9.86. The smallest absolute Gasteiger partial charge is 0.0998 e. The fourth-order valence-corrected chi connectivity index (χ4v) is 7.62. The normalized spacial score (nSPS) is 14.9. The maximum absolute atomic E-state index is 10.2. The molecule has 3 nitrogen and oxygen atoms in total. The van der Waals surface area contributed by atoms with Crippen LogP contribution in [0.3, 0.4) is 0 Å². The Bertz CT molecular complexity index is 2530. The van der Waals surface area contributed by atoms with Gasteiger partial charge in [0, 0.05) is 44.4 Å². The van der Waals surface area contributed by atoms with Crippen molar-refractivity contribution in [1.29, 1.82) is 5.26 Å². The second-order valence-corrected chi connectivity index (χ2v) is 12.5. The van der Waals surface area contributed by atoms with Crippen molar-refractivity contribution < 1.29 is 0 Å². The number of hydrogen-bond donors (Lipinski definition) is 0. The van der Waals surface area contributed by atoms with Gasteiger partial charge in [0.25, 0.3) is 0 Å². The van der Waals surface area contributed by atoms with Crippen LogP contribution in [-0.4, -0.2) is 9.13 Å². The van der Waals surface area contributed by atoms with E-state index in [1.165, 1.54) is 54.9 Å². The fourth-order valence-electron chi connectivity index (χ4n) is 7.62. The number of nitriles is 1. The minimum Gasteiger partial charge on any atom is -0.313 e. The van der Waals surface area contributed by atoms with Crippen molar-refractivity contribution in [2.24, 2.45) is 5.92 Å². The molecule has 222 valence electrons. The average molecular weight is 602 g/mol. The van der Waals surface area contributed by atoms with Crippen molar-refractivity contribution in [2.45, 2.75) is 13.3 Å². The van der Waals surface area contributed by atoms with E-state index in [-0.39, 0.29) is 0 Å². The maximum atomic E-state index is 10.2. The quantitative estimate of drug-likeness (QED) is 0.198. The van der Waals surface area contributed by atoms with E-state index >= 15 is 0 Å². The molecule has 3 heteroatoms. The molecular weight excluding hydrogens is 571 g/mol. The lowest BCUT2D eigenvalue weighted by Gasteiger charge is -2.25. The molecule has 6 aromatic carbocycles. The number of para-hydroxylation sites is 4. The number of benzene rings is 6. The Hall–Kier alpha value is -6.11. The van der Waals surface area contributed by atoms with Crippen LogP contribution in [0.25, 0.3) is 71.7 Å². The number of hydrogen-bond acceptors (Lipinski definition) is 1. The largest absolute Gasteiger partial charge is 0.313 e. The molecule has 0 bridgehead atoms. The van der Waals surface area contributed by atoms with Gasteiger partial charge in [-0.25, -0.2) is 0 Å². The second-order valence-electron chi connectivity index (χ2n) is 12.5. The molecule has 47 heavy (non-hydrogen) atoms. The van der Waals surface area contributed by atoms with Gasteiger partial charge in [-0.1, -0.05) is 110 Å². The highest BCUT2D eigenvalue weighted by Gasteiger charge is 2.23. The number of fused-ring (bicyclic) bond motifs is 6. The van der Waals surface area contributed by atoms with Gasteiger partial charge in [0.1, 0.15) is 0 Å². The first-order chi connectivity index (χ1) is 23.2. The Morgan fingerprint density at radius 2 is 1.06 bits per heavy atom. The molecule has 1 atom stereocenters. The summed E-state index contributed by atoms with van der Waals surface area (Å²) in [7, 11) is 0. The second kappa shape index (κ2) is 10.8. The number of nitrogens with zero attached hydrogens (tertiary/aromatic N) is 3. The molecule has 0 saturated carbocycles. The SMILES string of the molecule is CC1CC=C(c2ccc(-n3c4ccccc4c4ccccc43)cc2-c2ccccc2C#N)C=C1n1c2ccccc2c2ccccc21. The van der Waals surface area contributed by atoms with Gasteiger partial charge in [0.05, 0.1) is 33.7 Å². The van der Waals surface area contributed by atoms with Crippen LogP contribution < -0.4 is 0 Å². The highest BCUT2D eigenvalue weighted by atomic mass is 15.0. The maximum Gasteiger partial charge on any atom is 0.0998 e. The lowest BCUT2D eigenvalue weighted by Crippen LogP contribution is -2.10. The van der Waals surface area contributed by atoms with E-state index in [0.717, 1.165) is 28.8 Å². The molecule has 1 unspecified atom stereocenters. The predicted molar refractivity (Wildman–Crippen MR) is 196 cm³/mol. The Labute approximate surface area is 273 Å². The third kappa shape index (κ3) is 4.19. The van der Waals surface area contributed by atoms with E-state index < -0.39 is 0 Å². The molecule has 0 aliphatic heterocycles. The first-order valence-corrected chi connectivity index (χ1v) is 16.2. The van der Waals surface area contributed by atoms with Gasteiger partial charge in [0.15, 0.2) is 0 Å². The summed E-state index contributed by atoms with van der Waals surface area (Å²) >= 11 is 0. The van der Waals surface area contributed by atoms with Crippen molar-refractivity contribution in [2.75, 3.05) is 0 Å². The topological polar surface area (TPSA) is 33.6 Å². The van der Waals surface area contributed by atoms with Crippen LogP contribution in [0.1, 0.15) is 24.5 Å². The van der Waals surface area contributed by atoms with E-state index in [4.69, 9.17) is 0 Å². The van der Waals surface area contributed by atoms with Crippen LogP contribution in [0, 0.1) is 17.2 Å². The molecule has 9 rings (SSSR count). The van der Waals surface area contributed by atoms with Gasteiger partial charge in [-0.2, -0.15) is 5.26 Å². The van der Waals surface area contributed by atoms with Crippen LogP contribution in [0.4, 0.5) is 0 Å². The summed E-state index contributed by atoms with van der Waals surface area (Å²) in [6.45, 7) is 2.32. The van der Waals surface area contributed by atoms with Gasteiger partial charge in [0.2, 0.25) is 0 Å². The zero-order chi connectivity index (χ0) is 31.5. The average Bonchev–Trinajstić information content (AvgIpc) is 3.65. The Morgan fingerprint density at radius 3 is 1.64 bits per heavy atom. The first-order valence-electron chi connectivity index (χ1n) is 16.2. The summed E-state index contributed by atoms with van der Waals surface area (Å²) in [6.07, 6.45) is 5.67. The molecule has 1 aliphatic carbocycles. The number of allylic oxidation sites excluding steroid dienone is 4. The molecule has 1 aliphatic rings. The van der Waals surface area contributed by atoms with Crippen LogP contribution in [0.2, 0.25) is 0 Å². The molecule has 0 radical (unpaired) electrons. The zero-order valence-electron chi connectivity index (χ0n) is 26.1. The van der Waals surface area contributed by atoms with E-state index in [0.29, 0.717) is 11.5 Å². The molecule has 0 spiro atoms. The summed E-state index contributed by atoms with van der Waals surface area (Å²) in [6, 6.07) is 51.8. The fraction of sp³-hybridized carbons (Fsp3) is 0.0682. The van der Waals surface area contributed by atoms with E-state index in [1.54, 1.807) is 0 Å². The molecule has 0 saturated heterocycles. The van der Waals surface area contributed by atoms with Crippen molar-refractivity contribution in [3.05, 3.63) is 163 Å². The Morgan fingerprint density at radius 1 is 0.553 bits per heavy atom. The third-order valence-corrected chi connectivity index (χ3v) is 9.83. The highest BCUT2D eigenvalue weighted by molar-refractivity contribution is 6.11.